The van der Waals surface area contributed by atoms with Gasteiger partial charge >= 0.3 is 0 Å². The molecule has 0 atom stereocenters. The van der Waals surface area contributed by atoms with Gasteiger partial charge in [0, 0.05) is 0 Å². The Morgan fingerprint density at radius 2 is 0.906 bits per heavy atom. The molecule has 4 aromatic rings. The van der Waals surface area contributed by atoms with Gasteiger partial charge in [0.2, 0.25) is 0 Å². The third-order valence-corrected chi connectivity index (χ3v) is 7.79. The predicted molar refractivity (Wildman–Crippen MR) is 136 cm³/mol. The van der Waals surface area contributed by atoms with Crippen LogP contribution < -0.4 is 0 Å². The number of rotatable bonds is 3. The summed E-state index contributed by atoms with van der Waals surface area (Å²) in [7, 11) is 0. The van der Waals surface area contributed by atoms with E-state index < -0.39 is 0 Å². The zero-order chi connectivity index (χ0) is 22.0. The number of benzene rings is 4. The van der Waals surface area contributed by atoms with E-state index in [1.807, 2.05) is 0 Å². The van der Waals surface area contributed by atoms with E-state index in [4.69, 9.17) is 0 Å². The van der Waals surface area contributed by atoms with E-state index in [1.54, 1.807) is 22.3 Å². The standard InChI is InChI=1S/C32H30/c1-19-5-9-27-23(15-19)17-31-25(21(3)7-11-29(27)31)13-14-26-22(4)8-12-30-28-10-6-20(2)16-24(28)18-32(26)30/h5-12,15-16H,13-14,17-18H2,1-4H3. The van der Waals surface area contributed by atoms with Crippen molar-refractivity contribution in [2.24, 2.45) is 0 Å². The summed E-state index contributed by atoms with van der Waals surface area (Å²) in [4.78, 5) is 0. The van der Waals surface area contributed by atoms with Gasteiger partial charge in [-0.25, -0.2) is 0 Å². The molecular weight excluding hydrogens is 384 g/mol. The van der Waals surface area contributed by atoms with Crippen LogP contribution in [0.5, 0.6) is 0 Å². The van der Waals surface area contributed by atoms with Gasteiger partial charge in [-0.05, 0) is 120 Å². The topological polar surface area (TPSA) is 0 Å². The van der Waals surface area contributed by atoms with Crippen molar-refractivity contribution in [2.75, 3.05) is 0 Å². The van der Waals surface area contributed by atoms with Crippen molar-refractivity contribution in [1.29, 1.82) is 0 Å². The summed E-state index contributed by atoms with van der Waals surface area (Å²) < 4.78 is 0. The first kappa shape index (κ1) is 19.6. The molecule has 0 heteroatoms. The zero-order valence-corrected chi connectivity index (χ0v) is 19.6. The van der Waals surface area contributed by atoms with Gasteiger partial charge in [-0.1, -0.05) is 71.8 Å². The van der Waals surface area contributed by atoms with Crippen molar-refractivity contribution in [1.82, 2.24) is 0 Å². The van der Waals surface area contributed by atoms with Crippen molar-refractivity contribution < 1.29 is 0 Å². The lowest BCUT2D eigenvalue weighted by Gasteiger charge is -2.16. The fourth-order valence-electron chi connectivity index (χ4n) is 6.12. The Bertz CT molecular complexity index is 1290. The number of hydrogen-bond donors (Lipinski definition) is 0. The molecule has 2 aliphatic rings. The van der Waals surface area contributed by atoms with Crippen LogP contribution in [0.2, 0.25) is 0 Å². The Morgan fingerprint density at radius 1 is 0.500 bits per heavy atom. The molecule has 0 N–H and O–H groups in total. The molecule has 0 saturated heterocycles. The zero-order valence-electron chi connectivity index (χ0n) is 19.6. The predicted octanol–water partition coefficient (Wildman–Crippen LogP) is 7.85. The van der Waals surface area contributed by atoms with Gasteiger partial charge < -0.3 is 0 Å². The van der Waals surface area contributed by atoms with Crippen LogP contribution in [0.1, 0.15) is 55.6 Å². The molecular formula is C32H30. The van der Waals surface area contributed by atoms with E-state index >= 15 is 0 Å². The van der Waals surface area contributed by atoms with Crippen LogP contribution >= 0.6 is 0 Å². The van der Waals surface area contributed by atoms with E-state index in [9.17, 15) is 0 Å². The molecule has 0 unspecified atom stereocenters. The molecule has 0 fully saturated rings. The largest absolute Gasteiger partial charge is 0.0587 e. The maximum atomic E-state index is 2.38. The normalized spacial score (nSPS) is 13.0. The Morgan fingerprint density at radius 3 is 1.34 bits per heavy atom. The molecule has 0 spiro atoms. The van der Waals surface area contributed by atoms with E-state index in [0.29, 0.717) is 0 Å². The van der Waals surface area contributed by atoms with Crippen LogP contribution in [0.15, 0.2) is 60.7 Å². The number of hydrogen-bond acceptors (Lipinski definition) is 0. The molecule has 0 heterocycles. The summed E-state index contributed by atoms with van der Waals surface area (Å²) >= 11 is 0. The van der Waals surface area contributed by atoms with Gasteiger partial charge in [-0.3, -0.25) is 0 Å². The summed E-state index contributed by atoms with van der Waals surface area (Å²) in [6.07, 6.45) is 4.41. The lowest BCUT2D eigenvalue weighted by Crippen LogP contribution is -2.03. The Kier molecular flexibility index (Phi) is 4.40. The van der Waals surface area contributed by atoms with Gasteiger partial charge in [-0.2, -0.15) is 0 Å². The Hall–Kier alpha value is -3.12. The fraction of sp³-hybridized carbons (Fsp3) is 0.250. The summed E-state index contributed by atoms with van der Waals surface area (Å²) in [6.45, 7) is 9.00. The van der Waals surface area contributed by atoms with Crippen molar-refractivity contribution in [2.45, 2.75) is 53.4 Å². The van der Waals surface area contributed by atoms with Crippen LogP contribution in [-0.2, 0) is 25.7 Å². The SMILES string of the molecule is Cc1ccc2c(c1)Cc1c-2ccc(C)c1CCc1c(C)ccc2c1Cc1cc(C)ccc1-2. The highest BCUT2D eigenvalue weighted by Gasteiger charge is 2.24. The van der Waals surface area contributed by atoms with Crippen molar-refractivity contribution >= 4 is 0 Å². The third kappa shape index (κ3) is 2.97. The maximum absolute atomic E-state index is 2.38. The number of aryl methyl sites for hydroxylation is 4. The van der Waals surface area contributed by atoms with Gasteiger partial charge in [0.05, 0.1) is 0 Å². The van der Waals surface area contributed by atoms with Crippen molar-refractivity contribution in [3.63, 3.8) is 0 Å². The van der Waals surface area contributed by atoms with Gasteiger partial charge in [0.1, 0.15) is 0 Å². The highest BCUT2D eigenvalue weighted by molar-refractivity contribution is 5.80. The quantitative estimate of drug-likeness (QED) is 0.277. The summed E-state index contributed by atoms with van der Waals surface area (Å²) in [5.74, 6) is 0. The fourth-order valence-corrected chi connectivity index (χ4v) is 6.12. The summed E-state index contributed by atoms with van der Waals surface area (Å²) in [5.41, 5.74) is 20.7. The molecule has 0 amide bonds. The second-order valence-corrected chi connectivity index (χ2v) is 9.95. The lowest BCUT2D eigenvalue weighted by atomic mass is 9.88. The van der Waals surface area contributed by atoms with E-state index in [0.717, 1.165) is 25.7 Å². The molecule has 0 bridgehead atoms. The molecule has 0 aromatic heterocycles. The first-order valence-electron chi connectivity index (χ1n) is 11.9. The van der Waals surface area contributed by atoms with Crippen molar-refractivity contribution in [3.05, 3.63) is 116 Å². The lowest BCUT2D eigenvalue weighted by molar-refractivity contribution is 0.910. The molecule has 0 radical (unpaired) electrons. The van der Waals surface area contributed by atoms with Crippen LogP contribution in [0, 0.1) is 27.7 Å². The third-order valence-electron chi connectivity index (χ3n) is 7.79. The second-order valence-electron chi connectivity index (χ2n) is 9.95. The van der Waals surface area contributed by atoms with E-state index in [-0.39, 0.29) is 0 Å². The molecule has 2 aliphatic carbocycles. The highest BCUT2D eigenvalue weighted by atomic mass is 14.3. The van der Waals surface area contributed by atoms with Crippen LogP contribution in [0.3, 0.4) is 0 Å². The molecule has 0 nitrogen and oxygen atoms in total. The van der Waals surface area contributed by atoms with Crippen molar-refractivity contribution in [3.8, 4) is 22.3 Å². The van der Waals surface area contributed by atoms with Crippen LogP contribution in [0.25, 0.3) is 22.3 Å². The smallest absolute Gasteiger partial charge is 0.00105 e. The minimum absolute atomic E-state index is 1.08. The molecule has 6 rings (SSSR count). The molecule has 158 valence electrons. The molecule has 0 aliphatic heterocycles. The highest BCUT2D eigenvalue weighted by Crippen LogP contribution is 2.42. The van der Waals surface area contributed by atoms with Crippen LogP contribution in [-0.4, -0.2) is 0 Å². The van der Waals surface area contributed by atoms with E-state index in [2.05, 4.69) is 88.4 Å². The van der Waals surface area contributed by atoms with Crippen LogP contribution in [0.4, 0.5) is 0 Å². The molecule has 32 heavy (non-hydrogen) atoms. The first-order chi connectivity index (χ1) is 15.5. The Balaban J connectivity index is 1.36. The van der Waals surface area contributed by atoms with Gasteiger partial charge in [0.15, 0.2) is 0 Å². The first-order valence-corrected chi connectivity index (χ1v) is 11.9. The maximum Gasteiger partial charge on any atom is -0.00105 e. The van der Waals surface area contributed by atoms with Gasteiger partial charge in [0.25, 0.3) is 0 Å². The van der Waals surface area contributed by atoms with E-state index in [1.165, 1.54) is 55.6 Å². The molecule has 4 aromatic carbocycles. The summed E-state index contributed by atoms with van der Waals surface area (Å²) in [6, 6.07) is 23.3. The van der Waals surface area contributed by atoms with Gasteiger partial charge in [-0.15, -0.1) is 0 Å². The number of fused-ring (bicyclic) bond motifs is 6. The average molecular weight is 415 g/mol. The monoisotopic (exact) mass is 414 g/mol. The minimum Gasteiger partial charge on any atom is -0.0587 e. The summed E-state index contributed by atoms with van der Waals surface area (Å²) in [5, 5.41) is 0. The minimum atomic E-state index is 1.08. The molecule has 0 saturated carbocycles. The Labute approximate surface area is 192 Å². The second kappa shape index (κ2) is 7.20. The average Bonchev–Trinajstić information content (AvgIpc) is 3.31.